The van der Waals surface area contributed by atoms with Crippen LogP contribution in [0, 0.1) is 3.83 Å². The van der Waals surface area contributed by atoms with Gasteiger partial charge in [0.2, 0.25) is 0 Å². The Labute approximate surface area is 188 Å². The number of aromatic nitrogens is 4. The van der Waals surface area contributed by atoms with Gasteiger partial charge in [0.25, 0.3) is 0 Å². The summed E-state index contributed by atoms with van der Waals surface area (Å²) >= 11 is 2.09. The predicted molar refractivity (Wildman–Crippen MR) is 118 cm³/mol. The van der Waals surface area contributed by atoms with Gasteiger partial charge in [-0.3, -0.25) is 5.10 Å². The first-order valence-electron chi connectivity index (χ1n) is 9.96. The first-order valence-corrected chi connectivity index (χ1v) is 11.0. The monoisotopic (exact) mass is 527 g/mol. The Morgan fingerprint density at radius 3 is 2.60 bits per heavy atom. The van der Waals surface area contributed by atoms with Crippen LogP contribution in [0.15, 0.2) is 0 Å². The number of nitrogens with zero attached hydrogens (tertiary/aromatic N) is 3. The average Bonchev–Trinajstić information content (AvgIpc) is 3.08. The molecule has 0 unspecified atom stereocenters. The molecular formula is C20H26IN5O4. The number of rotatable bonds is 6. The van der Waals surface area contributed by atoms with Crippen molar-refractivity contribution in [2.75, 3.05) is 13.2 Å². The molecule has 2 N–H and O–H groups in total. The van der Waals surface area contributed by atoms with Crippen LogP contribution in [0.4, 0.5) is 4.79 Å². The zero-order valence-corrected chi connectivity index (χ0v) is 19.8. The maximum Gasteiger partial charge on any atom is 0.407 e. The molecule has 9 nitrogen and oxygen atoms in total. The van der Waals surface area contributed by atoms with Crippen molar-refractivity contribution >= 4 is 34.7 Å². The van der Waals surface area contributed by atoms with E-state index in [-0.39, 0.29) is 0 Å². The smallest absolute Gasteiger partial charge is 0.407 e. The van der Waals surface area contributed by atoms with E-state index < -0.39 is 17.7 Å². The van der Waals surface area contributed by atoms with Crippen molar-refractivity contribution in [3.63, 3.8) is 0 Å². The number of hydrogen-bond donors (Lipinski definition) is 2. The lowest BCUT2D eigenvalue weighted by atomic mass is 9.90. The molecule has 0 fully saturated rings. The fraction of sp³-hybridized carbons (Fsp3) is 0.550. The Morgan fingerprint density at radius 2 is 1.90 bits per heavy atom. The number of aromatic amines is 1. The highest BCUT2D eigenvalue weighted by atomic mass is 127. The van der Waals surface area contributed by atoms with Crippen molar-refractivity contribution in [2.45, 2.75) is 59.0 Å². The van der Waals surface area contributed by atoms with Crippen molar-refractivity contribution < 1.29 is 19.1 Å². The highest BCUT2D eigenvalue weighted by Gasteiger charge is 2.29. The minimum absolute atomic E-state index is 0.310. The van der Waals surface area contributed by atoms with Gasteiger partial charge in [-0.05, 0) is 53.4 Å². The molecule has 1 amide bonds. The van der Waals surface area contributed by atoms with E-state index in [2.05, 4.69) is 48.1 Å². The molecule has 0 aromatic carbocycles. The van der Waals surface area contributed by atoms with Crippen LogP contribution in [0.1, 0.15) is 61.4 Å². The average molecular weight is 527 g/mol. The molecule has 0 saturated carbocycles. The summed E-state index contributed by atoms with van der Waals surface area (Å²) in [6.45, 7) is 8.07. The molecule has 2 aromatic heterocycles. The molecule has 162 valence electrons. The van der Waals surface area contributed by atoms with Crippen molar-refractivity contribution in [2.24, 2.45) is 0 Å². The van der Waals surface area contributed by atoms with E-state index in [0.717, 1.165) is 35.4 Å². The lowest BCUT2D eigenvalue weighted by Gasteiger charge is -2.20. The van der Waals surface area contributed by atoms with Crippen LogP contribution in [0.25, 0.3) is 11.4 Å². The van der Waals surface area contributed by atoms with Crippen LogP contribution >= 0.6 is 22.6 Å². The second-order valence-electron chi connectivity index (χ2n) is 7.94. The standard InChI is InChI=1S/C20H26IN5O4/c1-5-29-17(27)16-12-9-8-11-13(7-6-10-22-19(28)30-20(2,3)4)23-18(21)24-14(11)15(12)25-26-16/h5-10H2,1-4H3,(H,22,28)(H,25,26). The molecule has 10 heteroatoms. The van der Waals surface area contributed by atoms with Gasteiger partial charge in [-0.15, -0.1) is 0 Å². The maximum atomic E-state index is 12.2. The molecule has 0 saturated heterocycles. The Hall–Kier alpha value is -2.24. The number of hydrogen-bond acceptors (Lipinski definition) is 7. The van der Waals surface area contributed by atoms with E-state index in [1.54, 1.807) is 6.92 Å². The molecule has 2 aromatic rings. The highest BCUT2D eigenvalue weighted by molar-refractivity contribution is 14.1. The normalized spacial score (nSPS) is 12.7. The zero-order valence-electron chi connectivity index (χ0n) is 17.6. The largest absolute Gasteiger partial charge is 0.461 e. The van der Waals surface area contributed by atoms with Gasteiger partial charge in [0, 0.05) is 46.0 Å². The Balaban J connectivity index is 1.72. The summed E-state index contributed by atoms with van der Waals surface area (Å²) in [4.78, 5) is 33.1. The topological polar surface area (TPSA) is 119 Å². The third-order valence-corrected chi connectivity index (χ3v) is 5.00. The van der Waals surface area contributed by atoms with Crippen molar-refractivity contribution in [1.82, 2.24) is 25.5 Å². The summed E-state index contributed by atoms with van der Waals surface area (Å²) in [6, 6.07) is 0. The van der Waals surface area contributed by atoms with E-state index in [0.29, 0.717) is 41.2 Å². The highest BCUT2D eigenvalue weighted by Crippen LogP contribution is 2.34. The molecular weight excluding hydrogens is 501 g/mol. The number of halogens is 1. The lowest BCUT2D eigenvalue weighted by Crippen LogP contribution is -2.33. The third kappa shape index (κ3) is 5.27. The van der Waals surface area contributed by atoms with Gasteiger partial charge in [-0.25, -0.2) is 19.6 Å². The first-order chi connectivity index (χ1) is 14.2. The summed E-state index contributed by atoms with van der Waals surface area (Å²) in [7, 11) is 0. The van der Waals surface area contributed by atoms with Gasteiger partial charge in [-0.2, -0.15) is 5.10 Å². The molecule has 0 atom stereocenters. The summed E-state index contributed by atoms with van der Waals surface area (Å²) in [5, 5.41) is 9.93. The number of nitrogens with one attached hydrogen (secondary N) is 2. The fourth-order valence-corrected chi connectivity index (χ4v) is 3.89. The minimum Gasteiger partial charge on any atom is -0.461 e. The number of alkyl carbamates (subject to hydrolysis) is 1. The van der Waals surface area contributed by atoms with E-state index in [4.69, 9.17) is 9.47 Å². The number of carbonyl (C=O) groups excluding carboxylic acids is 2. The lowest BCUT2D eigenvalue weighted by molar-refractivity contribution is 0.0511. The summed E-state index contributed by atoms with van der Waals surface area (Å²) in [6.07, 6.45) is 2.39. The van der Waals surface area contributed by atoms with Crippen LogP contribution in [-0.4, -0.2) is 51.0 Å². The molecule has 0 bridgehead atoms. The van der Waals surface area contributed by atoms with Crippen LogP contribution in [0.3, 0.4) is 0 Å². The number of esters is 1. The Bertz CT molecular complexity index is 951. The predicted octanol–water partition coefficient (Wildman–Crippen LogP) is 3.20. The fourth-order valence-electron chi connectivity index (χ4n) is 3.35. The van der Waals surface area contributed by atoms with E-state index in [1.807, 2.05) is 20.8 Å². The van der Waals surface area contributed by atoms with Gasteiger partial charge >= 0.3 is 12.1 Å². The van der Waals surface area contributed by atoms with E-state index >= 15 is 0 Å². The first kappa shape index (κ1) is 22.4. The maximum absolute atomic E-state index is 12.2. The van der Waals surface area contributed by atoms with Crippen LogP contribution in [0.2, 0.25) is 0 Å². The molecule has 0 spiro atoms. The number of aryl methyl sites for hydroxylation is 1. The number of carbonyl (C=O) groups is 2. The molecule has 30 heavy (non-hydrogen) atoms. The van der Waals surface area contributed by atoms with Gasteiger partial charge < -0.3 is 14.8 Å². The van der Waals surface area contributed by atoms with Crippen LogP contribution in [0.5, 0.6) is 0 Å². The van der Waals surface area contributed by atoms with Crippen molar-refractivity contribution in [1.29, 1.82) is 0 Å². The third-order valence-electron chi connectivity index (χ3n) is 4.52. The number of H-pyrrole nitrogens is 1. The molecule has 2 heterocycles. The van der Waals surface area contributed by atoms with Crippen LogP contribution in [-0.2, 0) is 28.7 Å². The van der Waals surface area contributed by atoms with Gasteiger partial charge in [0.05, 0.1) is 12.3 Å². The van der Waals surface area contributed by atoms with Crippen molar-refractivity contribution in [3.8, 4) is 11.4 Å². The Kier molecular flexibility index (Phi) is 6.94. The number of amides is 1. The van der Waals surface area contributed by atoms with Gasteiger partial charge in [-0.1, -0.05) is 0 Å². The molecule has 0 radical (unpaired) electrons. The molecule has 3 rings (SSSR count). The molecule has 0 aliphatic heterocycles. The number of ether oxygens (including phenoxy) is 2. The molecule has 1 aliphatic carbocycles. The second kappa shape index (κ2) is 9.27. The SMILES string of the molecule is CCOC(=O)c1[nH]nc2c1CCc1c(CCCNC(=O)OC(C)(C)C)nc(I)nc1-2. The van der Waals surface area contributed by atoms with Crippen molar-refractivity contribution in [3.05, 3.63) is 26.3 Å². The zero-order chi connectivity index (χ0) is 21.9. The van der Waals surface area contributed by atoms with Crippen LogP contribution < -0.4 is 5.32 Å². The second-order valence-corrected chi connectivity index (χ2v) is 8.91. The van der Waals surface area contributed by atoms with Gasteiger partial charge in [0.15, 0.2) is 3.83 Å². The molecule has 1 aliphatic rings. The van der Waals surface area contributed by atoms with E-state index in [9.17, 15) is 9.59 Å². The summed E-state index contributed by atoms with van der Waals surface area (Å²) in [5.41, 5.74) is 4.16. The summed E-state index contributed by atoms with van der Waals surface area (Å²) in [5.74, 6) is -0.396. The van der Waals surface area contributed by atoms with Gasteiger partial charge in [0.1, 0.15) is 17.0 Å². The number of fused-ring (bicyclic) bond motifs is 3. The minimum atomic E-state index is -0.518. The Morgan fingerprint density at radius 1 is 1.17 bits per heavy atom. The quantitative estimate of drug-likeness (QED) is 0.256. The van der Waals surface area contributed by atoms with E-state index in [1.165, 1.54) is 0 Å². The summed E-state index contributed by atoms with van der Waals surface area (Å²) < 4.78 is 11.0.